The van der Waals surface area contributed by atoms with E-state index in [1.807, 2.05) is 11.3 Å². The van der Waals surface area contributed by atoms with E-state index in [9.17, 15) is 4.39 Å². The number of hydrogen-bond acceptors (Lipinski definition) is 3. The molecule has 1 aliphatic rings. The maximum atomic E-state index is 13.3. The quantitative estimate of drug-likeness (QED) is 0.674. The van der Waals surface area contributed by atoms with Crippen molar-refractivity contribution in [1.29, 1.82) is 5.41 Å². The first-order valence-corrected chi connectivity index (χ1v) is 7.42. The number of nitrogens with zero attached hydrogens (tertiary/aromatic N) is 1. The van der Waals surface area contributed by atoms with Crippen LogP contribution in [0.2, 0.25) is 0 Å². The monoisotopic (exact) mass is 289 g/mol. The van der Waals surface area contributed by atoms with Crippen molar-refractivity contribution >= 4 is 17.2 Å². The zero-order chi connectivity index (χ0) is 14.1. The van der Waals surface area contributed by atoms with Gasteiger partial charge in [0, 0.05) is 30.1 Å². The summed E-state index contributed by atoms with van der Waals surface area (Å²) in [7, 11) is 0. The molecule has 0 unspecified atom stereocenters. The number of fused-ring (bicyclic) bond motifs is 1. The molecule has 0 aliphatic carbocycles. The Bertz CT molecular complexity index is 650. The van der Waals surface area contributed by atoms with Crippen LogP contribution in [0.4, 0.5) is 4.39 Å². The fraction of sp³-hybridized carbons (Fsp3) is 0.267. The molecule has 5 heteroatoms. The van der Waals surface area contributed by atoms with Crippen LogP contribution < -0.4 is 5.73 Å². The van der Waals surface area contributed by atoms with E-state index in [1.165, 1.54) is 22.6 Å². The van der Waals surface area contributed by atoms with Crippen LogP contribution in [-0.2, 0) is 19.5 Å². The van der Waals surface area contributed by atoms with Crippen LogP contribution in [0, 0.1) is 11.2 Å². The summed E-state index contributed by atoms with van der Waals surface area (Å²) in [6.45, 7) is 2.60. The normalized spacial score (nSPS) is 15.1. The Labute approximate surface area is 121 Å². The molecule has 3 nitrogen and oxygen atoms in total. The molecule has 1 aromatic carbocycles. The minimum Gasteiger partial charge on any atom is -0.384 e. The molecule has 0 radical (unpaired) electrons. The number of hydrogen-bond donors (Lipinski definition) is 2. The van der Waals surface area contributed by atoms with E-state index in [-0.39, 0.29) is 11.7 Å². The van der Waals surface area contributed by atoms with Gasteiger partial charge in [0.25, 0.3) is 0 Å². The second-order valence-corrected chi connectivity index (χ2v) is 6.05. The molecule has 104 valence electrons. The Kier molecular flexibility index (Phi) is 3.54. The minimum absolute atomic E-state index is 0.0762. The zero-order valence-electron chi connectivity index (χ0n) is 11.0. The average Bonchev–Trinajstić information content (AvgIpc) is 2.88. The van der Waals surface area contributed by atoms with Crippen LogP contribution in [0.15, 0.2) is 29.6 Å². The zero-order valence-corrected chi connectivity index (χ0v) is 11.8. The molecule has 0 fully saturated rings. The summed E-state index contributed by atoms with van der Waals surface area (Å²) in [6.07, 6.45) is 1.06. The SMILES string of the molecule is N=C(N)c1cc(F)ccc1CN1CCc2sccc2C1. The van der Waals surface area contributed by atoms with Crippen molar-refractivity contribution in [3.05, 3.63) is 57.0 Å². The first-order valence-electron chi connectivity index (χ1n) is 6.54. The van der Waals surface area contributed by atoms with Gasteiger partial charge >= 0.3 is 0 Å². The Hall–Kier alpha value is -1.72. The molecule has 1 aliphatic heterocycles. The number of amidine groups is 1. The summed E-state index contributed by atoms with van der Waals surface area (Å²) in [6, 6.07) is 6.68. The molecule has 0 spiro atoms. The molecule has 0 saturated heterocycles. The van der Waals surface area contributed by atoms with E-state index in [1.54, 1.807) is 6.07 Å². The smallest absolute Gasteiger partial charge is 0.123 e. The van der Waals surface area contributed by atoms with Crippen LogP contribution in [0.5, 0.6) is 0 Å². The van der Waals surface area contributed by atoms with Gasteiger partial charge in [-0.25, -0.2) is 4.39 Å². The van der Waals surface area contributed by atoms with Crippen molar-refractivity contribution < 1.29 is 4.39 Å². The number of benzene rings is 1. The number of rotatable bonds is 3. The molecule has 3 rings (SSSR count). The third kappa shape index (κ3) is 2.59. The molecular formula is C15H16FN3S. The van der Waals surface area contributed by atoms with Gasteiger partial charge in [-0.2, -0.15) is 0 Å². The lowest BCUT2D eigenvalue weighted by atomic mass is 10.0. The summed E-state index contributed by atoms with van der Waals surface area (Å²) in [5.74, 6) is -0.426. The van der Waals surface area contributed by atoms with Crippen molar-refractivity contribution in [2.24, 2.45) is 5.73 Å². The predicted molar refractivity (Wildman–Crippen MR) is 79.6 cm³/mol. The highest BCUT2D eigenvalue weighted by Crippen LogP contribution is 2.25. The molecular weight excluding hydrogens is 273 g/mol. The van der Waals surface area contributed by atoms with Crippen molar-refractivity contribution in [3.63, 3.8) is 0 Å². The van der Waals surface area contributed by atoms with Crippen molar-refractivity contribution in [1.82, 2.24) is 4.90 Å². The van der Waals surface area contributed by atoms with Gasteiger partial charge in [0.1, 0.15) is 11.7 Å². The number of halogens is 1. The van der Waals surface area contributed by atoms with E-state index >= 15 is 0 Å². The maximum absolute atomic E-state index is 13.3. The summed E-state index contributed by atoms with van der Waals surface area (Å²) in [5, 5.41) is 9.71. The lowest BCUT2D eigenvalue weighted by Crippen LogP contribution is -2.30. The van der Waals surface area contributed by atoms with Crippen LogP contribution in [0.25, 0.3) is 0 Å². The molecule has 3 N–H and O–H groups in total. The molecule has 2 heterocycles. The summed E-state index contributed by atoms with van der Waals surface area (Å²) >= 11 is 1.81. The van der Waals surface area contributed by atoms with Crippen LogP contribution >= 0.6 is 11.3 Å². The lowest BCUT2D eigenvalue weighted by molar-refractivity contribution is 0.247. The van der Waals surface area contributed by atoms with E-state index in [2.05, 4.69) is 16.3 Å². The van der Waals surface area contributed by atoms with Gasteiger partial charge in [-0.1, -0.05) is 6.07 Å². The van der Waals surface area contributed by atoms with E-state index in [4.69, 9.17) is 11.1 Å². The van der Waals surface area contributed by atoms with Gasteiger partial charge in [-0.3, -0.25) is 10.3 Å². The highest BCUT2D eigenvalue weighted by Gasteiger charge is 2.18. The molecule has 0 atom stereocenters. The number of nitrogens with one attached hydrogen (secondary N) is 1. The highest BCUT2D eigenvalue weighted by atomic mass is 32.1. The van der Waals surface area contributed by atoms with E-state index in [0.29, 0.717) is 12.1 Å². The first kappa shape index (κ1) is 13.3. The topological polar surface area (TPSA) is 53.1 Å². The minimum atomic E-state index is -0.349. The fourth-order valence-corrected chi connectivity index (χ4v) is 3.51. The second kappa shape index (κ2) is 5.34. The Morgan fingerprint density at radius 1 is 1.40 bits per heavy atom. The molecule has 0 saturated carbocycles. The Balaban J connectivity index is 1.81. The van der Waals surface area contributed by atoms with Crippen molar-refractivity contribution in [3.8, 4) is 0 Å². The van der Waals surface area contributed by atoms with E-state index in [0.717, 1.165) is 25.1 Å². The number of nitrogen functional groups attached to an aromatic ring is 1. The summed E-state index contributed by atoms with van der Waals surface area (Å²) in [5.41, 5.74) is 8.35. The third-order valence-corrected chi connectivity index (χ3v) is 4.67. The second-order valence-electron chi connectivity index (χ2n) is 5.04. The van der Waals surface area contributed by atoms with Gasteiger partial charge in [0.2, 0.25) is 0 Å². The highest BCUT2D eigenvalue weighted by molar-refractivity contribution is 7.10. The van der Waals surface area contributed by atoms with Crippen molar-refractivity contribution in [2.75, 3.05) is 6.54 Å². The maximum Gasteiger partial charge on any atom is 0.123 e. The van der Waals surface area contributed by atoms with E-state index < -0.39 is 0 Å². The molecule has 2 aromatic rings. The van der Waals surface area contributed by atoms with Crippen LogP contribution in [-0.4, -0.2) is 17.3 Å². The molecule has 0 amide bonds. The molecule has 0 bridgehead atoms. The average molecular weight is 289 g/mol. The Morgan fingerprint density at radius 2 is 2.25 bits per heavy atom. The fourth-order valence-electron chi connectivity index (χ4n) is 2.62. The lowest BCUT2D eigenvalue weighted by Gasteiger charge is -2.27. The van der Waals surface area contributed by atoms with Gasteiger partial charge in [-0.15, -0.1) is 11.3 Å². The number of nitrogens with two attached hydrogens (primary N) is 1. The summed E-state index contributed by atoms with van der Waals surface area (Å²) in [4.78, 5) is 3.78. The van der Waals surface area contributed by atoms with Crippen LogP contribution in [0.3, 0.4) is 0 Å². The predicted octanol–water partition coefficient (Wildman–Crippen LogP) is 2.73. The summed E-state index contributed by atoms with van der Waals surface area (Å²) < 4.78 is 13.3. The Morgan fingerprint density at radius 3 is 3.05 bits per heavy atom. The van der Waals surface area contributed by atoms with Gasteiger partial charge in [0.15, 0.2) is 0 Å². The largest absolute Gasteiger partial charge is 0.384 e. The number of thiophene rings is 1. The van der Waals surface area contributed by atoms with Gasteiger partial charge < -0.3 is 5.73 Å². The molecule has 1 aromatic heterocycles. The standard InChI is InChI=1S/C15H16FN3S/c16-12-2-1-10(13(7-12)15(17)18)8-19-5-3-14-11(9-19)4-6-20-14/h1-2,4,6-7H,3,5,8-9H2,(H3,17,18). The first-order chi connectivity index (χ1) is 9.63. The molecule has 20 heavy (non-hydrogen) atoms. The van der Waals surface area contributed by atoms with Crippen LogP contribution in [0.1, 0.15) is 21.6 Å². The van der Waals surface area contributed by atoms with Gasteiger partial charge in [-0.05, 0) is 41.1 Å². The third-order valence-electron chi connectivity index (χ3n) is 3.64. The van der Waals surface area contributed by atoms with Crippen molar-refractivity contribution in [2.45, 2.75) is 19.5 Å². The van der Waals surface area contributed by atoms with Gasteiger partial charge in [0.05, 0.1) is 0 Å².